The molecule has 1 fully saturated rings. The number of anilines is 1. The molecular weight excluding hydrogens is 488 g/mol. The maximum absolute atomic E-state index is 12.2. The third kappa shape index (κ3) is 6.61. The van der Waals surface area contributed by atoms with Crippen molar-refractivity contribution in [3.05, 3.63) is 17.4 Å². The molecule has 0 spiro atoms. The average Bonchev–Trinajstić information content (AvgIpc) is 3.28. The second-order valence-corrected chi connectivity index (χ2v) is 16.7. The summed E-state index contributed by atoms with van der Waals surface area (Å²) < 4.78 is 20.6. The summed E-state index contributed by atoms with van der Waals surface area (Å²) in [7, 11) is -1.97. The van der Waals surface area contributed by atoms with E-state index in [4.69, 9.17) is 25.5 Å². The van der Waals surface area contributed by atoms with Crippen molar-refractivity contribution in [3.8, 4) is 0 Å². The lowest BCUT2D eigenvalue weighted by Gasteiger charge is -2.36. The van der Waals surface area contributed by atoms with Crippen LogP contribution in [-0.2, 0) is 18.7 Å². The molecule has 9 nitrogen and oxygen atoms in total. The smallest absolute Gasteiger partial charge is 0.232 e. The molecule has 3 rings (SSSR count). The number of carbonyl (C=O) groups is 1. The molecule has 1 amide bonds. The normalized spacial score (nSPS) is 21.8. The summed E-state index contributed by atoms with van der Waals surface area (Å²) in [4.78, 5) is 21.0. The number of amides is 1. The number of carbonyl (C=O) groups excluding carboxylic acids is 1. The predicted molar refractivity (Wildman–Crippen MR) is 139 cm³/mol. The van der Waals surface area contributed by atoms with Gasteiger partial charge in [-0.15, -0.1) is 0 Å². The Morgan fingerprint density at radius 3 is 2.54 bits per heavy atom. The monoisotopic (exact) mass is 526 g/mol. The number of aromatic nitrogens is 3. The number of halogens is 1. The van der Waals surface area contributed by atoms with Gasteiger partial charge in [-0.05, 0) is 38.0 Å². The van der Waals surface area contributed by atoms with Gasteiger partial charge in [0.1, 0.15) is 16.9 Å². The number of hydrogen-bond donors (Lipinski definition) is 2. The Balaban J connectivity index is 1.91. The fraction of sp³-hybridized carbons (Fsp3) is 0.708. The van der Waals surface area contributed by atoms with Crippen LogP contribution in [0.5, 0.6) is 0 Å². The van der Waals surface area contributed by atoms with Gasteiger partial charge in [0.2, 0.25) is 11.9 Å². The van der Waals surface area contributed by atoms with Crippen LogP contribution in [0.15, 0.2) is 12.3 Å². The highest BCUT2D eigenvalue weighted by atomic mass is 35.5. The van der Waals surface area contributed by atoms with Crippen LogP contribution in [0.2, 0.25) is 23.3 Å². The molecule has 0 bridgehead atoms. The molecule has 2 aromatic heterocycles. The lowest BCUT2D eigenvalue weighted by molar-refractivity contribution is -0.222. The molecule has 0 radical (unpaired) electrons. The van der Waals surface area contributed by atoms with Crippen LogP contribution in [0.3, 0.4) is 0 Å². The number of aliphatic hydroxyl groups is 1. The fourth-order valence-corrected chi connectivity index (χ4v) is 4.84. The Kier molecular flexibility index (Phi) is 8.06. The molecular formula is C24H39ClN4O5Si. The summed E-state index contributed by atoms with van der Waals surface area (Å²) in [6.45, 7) is 18.2. The molecule has 0 unspecified atom stereocenters. The van der Waals surface area contributed by atoms with Crippen molar-refractivity contribution in [2.45, 2.75) is 97.2 Å². The van der Waals surface area contributed by atoms with Crippen molar-refractivity contribution in [1.29, 1.82) is 0 Å². The molecule has 0 aromatic carbocycles. The van der Waals surface area contributed by atoms with Gasteiger partial charge in [-0.3, -0.25) is 10.1 Å². The summed E-state index contributed by atoms with van der Waals surface area (Å²) in [5, 5.41) is 14.0. The molecule has 2 N–H and O–H groups in total. The van der Waals surface area contributed by atoms with E-state index in [1.165, 1.54) is 0 Å². The first-order valence-electron chi connectivity index (χ1n) is 12.0. The summed E-state index contributed by atoms with van der Waals surface area (Å²) >= 11 is 6.42. The molecule has 3 atom stereocenters. The topological polar surface area (TPSA) is 108 Å². The van der Waals surface area contributed by atoms with E-state index in [0.29, 0.717) is 24.1 Å². The maximum atomic E-state index is 12.2. The van der Waals surface area contributed by atoms with E-state index >= 15 is 0 Å². The van der Waals surface area contributed by atoms with Crippen molar-refractivity contribution >= 4 is 42.8 Å². The number of rotatable bonds is 8. The standard InChI is InChI=1S/C24H39ClN4O5Si/c1-14(2)20(30)28-22-26-18(25)16-10-11-29(19(16)27-22)21-17(34-24(6,7)31)12-15(33-21)13-32-35(8,9)23(3,4)5/h10-11,14-15,17,21,31H,12-13H2,1-9H3,(H,26,27,28,30)/t15-,17+,21+/m0/s1. The Bertz CT molecular complexity index is 1060. The Morgan fingerprint density at radius 1 is 1.31 bits per heavy atom. The SMILES string of the molecule is CC(C)C(=O)Nc1nc(Cl)c2ccn([C@@H]3O[C@H](CO[Si](C)(C)C(C)(C)C)C[C@H]3OC(C)(C)O)c2n1. The minimum Gasteiger partial charge on any atom is -0.414 e. The van der Waals surface area contributed by atoms with Crippen molar-refractivity contribution in [2.24, 2.45) is 5.92 Å². The highest BCUT2D eigenvalue weighted by Crippen LogP contribution is 2.40. The predicted octanol–water partition coefficient (Wildman–Crippen LogP) is 5.10. The van der Waals surface area contributed by atoms with Crippen LogP contribution in [0, 0.1) is 5.92 Å². The van der Waals surface area contributed by atoms with E-state index < -0.39 is 26.4 Å². The van der Waals surface area contributed by atoms with Gasteiger partial charge >= 0.3 is 0 Å². The zero-order valence-corrected chi connectivity index (χ0v) is 23.9. The minimum atomic E-state index is -1.97. The third-order valence-corrected chi connectivity index (χ3v) is 11.4. The molecule has 1 aliphatic rings. The number of hydrogen-bond acceptors (Lipinski definition) is 7. The summed E-state index contributed by atoms with van der Waals surface area (Å²) in [6.07, 6.45) is 1.09. The van der Waals surface area contributed by atoms with Crippen molar-refractivity contribution in [1.82, 2.24) is 14.5 Å². The molecule has 35 heavy (non-hydrogen) atoms. The first-order chi connectivity index (χ1) is 16.0. The zero-order chi connectivity index (χ0) is 26.3. The van der Waals surface area contributed by atoms with Gasteiger partial charge in [0.25, 0.3) is 0 Å². The number of fused-ring (bicyclic) bond motifs is 1. The molecule has 0 aliphatic carbocycles. The van der Waals surface area contributed by atoms with E-state index in [1.807, 2.05) is 10.8 Å². The van der Waals surface area contributed by atoms with Crippen LogP contribution in [0.4, 0.5) is 5.95 Å². The van der Waals surface area contributed by atoms with Crippen LogP contribution >= 0.6 is 11.6 Å². The molecule has 0 saturated carbocycles. The summed E-state index contributed by atoms with van der Waals surface area (Å²) in [5.74, 6) is -1.67. The van der Waals surface area contributed by atoms with Crippen LogP contribution in [0.1, 0.15) is 61.1 Å². The Labute approximate surface area is 213 Å². The van der Waals surface area contributed by atoms with Crippen molar-refractivity contribution < 1.29 is 23.8 Å². The molecule has 196 valence electrons. The van der Waals surface area contributed by atoms with Crippen molar-refractivity contribution in [2.75, 3.05) is 11.9 Å². The number of nitrogens with one attached hydrogen (secondary N) is 1. The van der Waals surface area contributed by atoms with Gasteiger partial charge < -0.3 is 23.6 Å². The quantitative estimate of drug-likeness (QED) is 0.280. The molecule has 2 aromatic rings. The van der Waals surface area contributed by atoms with Gasteiger partial charge in [0, 0.05) is 18.5 Å². The largest absolute Gasteiger partial charge is 0.414 e. The van der Waals surface area contributed by atoms with E-state index in [2.05, 4.69) is 49.1 Å². The first kappa shape index (κ1) is 28.0. The molecule has 1 saturated heterocycles. The van der Waals surface area contributed by atoms with Crippen LogP contribution < -0.4 is 5.32 Å². The van der Waals surface area contributed by atoms with Crippen molar-refractivity contribution in [3.63, 3.8) is 0 Å². The second kappa shape index (κ2) is 10.1. The van der Waals surface area contributed by atoms with E-state index in [0.717, 1.165) is 0 Å². The number of ether oxygens (including phenoxy) is 2. The van der Waals surface area contributed by atoms with Gasteiger partial charge in [0.15, 0.2) is 20.3 Å². The Morgan fingerprint density at radius 2 is 1.97 bits per heavy atom. The average molecular weight is 527 g/mol. The third-order valence-electron chi connectivity index (χ3n) is 6.58. The maximum Gasteiger partial charge on any atom is 0.232 e. The molecule has 3 heterocycles. The van der Waals surface area contributed by atoms with Gasteiger partial charge in [-0.25, -0.2) is 0 Å². The zero-order valence-electron chi connectivity index (χ0n) is 22.2. The second-order valence-electron chi connectivity index (χ2n) is 11.5. The summed E-state index contributed by atoms with van der Waals surface area (Å²) in [5.41, 5.74) is 0.504. The molecule has 1 aliphatic heterocycles. The fourth-order valence-electron chi connectivity index (χ4n) is 3.57. The highest BCUT2D eigenvalue weighted by molar-refractivity contribution is 6.74. The van der Waals surface area contributed by atoms with Gasteiger partial charge in [0.05, 0.1) is 18.1 Å². The lowest BCUT2D eigenvalue weighted by atomic mass is 10.2. The van der Waals surface area contributed by atoms with E-state index in [-0.39, 0.29) is 34.1 Å². The lowest BCUT2D eigenvalue weighted by Crippen LogP contribution is -2.42. The molecule has 11 heteroatoms. The first-order valence-corrected chi connectivity index (χ1v) is 15.3. The van der Waals surface area contributed by atoms with E-state index in [9.17, 15) is 9.90 Å². The minimum absolute atomic E-state index is 0.0785. The highest BCUT2D eigenvalue weighted by Gasteiger charge is 2.43. The van der Waals surface area contributed by atoms with Gasteiger partial charge in [-0.2, -0.15) is 9.97 Å². The van der Waals surface area contributed by atoms with E-state index in [1.54, 1.807) is 33.8 Å². The van der Waals surface area contributed by atoms with Crippen LogP contribution in [0.25, 0.3) is 11.0 Å². The Hall–Kier alpha value is -1.56. The van der Waals surface area contributed by atoms with Gasteiger partial charge in [-0.1, -0.05) is 46.2 Å². The van der Waals surface area contributed by atoms with Crippen LogP contribution in [-0.4, -0.2) is 58.5 Å². The number of nitrogens with zero attached hydrogens (tertiary/aromatic N) is 3. The summed E-state index contributed by atoms with van der Waals surface area (Å²) in [6, 6.07) is 1.80.